The largest absolute Gasteiger partial charge is 0.371 e. The monoisotopic (exact) mass is 542 g/mol. The Morgan fingerprint density at radius 1 is 0.976 bits per heavy atom. The van der Waals surface area contributed by atoms with E-state index in [0.29, 0.717) is 17.4 Å². The van der Waals surface area contributed by atoms with Crippen LogP contribution in [0, 0.1) is 17.9 Å². The van der Waals surface area contributed by atoms with Crippen LogP contribution in [0.2, 0.25) is 0 Å². The van der Waals surface area contributed by atoms with E-state index in [0.717, 1.165) is 35.9 Å². The molecular weight excluding hydrogens is 500 g/mol. The SMILES string of the molecule is [C-]#[N+]/C(=C1\C=C2C=C(c3cc4c5c(c3)C(C)(C)CCN5CCC4(C)C)CCC2C(C)(C)C1)c1nc2ccccc2[nH]1. The normalized spacial score (nSPS) is 25.0. The summed E-state index contributed by atoms with van der Waals surface area (Å²) in [7, 11) is 0. The molecule has 1 unspecified atom stereocenters. The molecule has 3 aromatic rings. The highest BCUT2D eigenvalue weighted by Crippen LogP contribution is 2.53. The molecule has 1 atom stereocenters. The molecule has 4 nitrogen and oxygen atoms in total. The van der Waals surface area contributed by atoms with Gasteiger partial charge in [0.25, 0.3) is 0 Å². The molecule has 2 aliphatic carbocycles. The summed E-state index contributed by atoms with van der Waals surface area (Å²) in [6.45, 7) is 25.0. The van der Waals surface area contributed by atoms with Crippen molar-refractivity contribution in [2.24, 2.45) is 11.3 Å². The maximum absolute atomic E-state index is 8.13. The Bertz CT molecular complexity index is 1640. The number of allylic oxidation sites excluding steroid dienone is 5. The zero-order chi connectivity index (χ0) is 28.7. The fourth-order valence-electron chi connectivity index (χ4n) is 8.04. The van der Waals surface area contributed by atoms with Crippen LogP contribution in [0.4, 0.5) is 5.69 Å². The van der Waals surface area contributed by atoms with Gasteiger partial charge in [0, 0.05) is 18.8 Å². The van der Waals surface area contributed by atoms with Crippen LogP contribution in [0.3, 0.4) is 0 Å². The first-order chi connectivity index (χ1) is 19.5. The maximum Gasteiger partial charge on any atom is 0.231 e. The third-order valence-electron chi connectivity index (χ3n) is 10.7. The minimum atomic E-state index is 0.0791. The van der Waals surface area contributed by atoms with Crippen LogP contribution in [0.15, 0.2) is 59.7 Å². The van der Waals surface area contributed by atoms with Crippen molar-refractivity contribution in [1.29, 1.82) is 0 Å². The number of anilines is 1. The summed E-state index contributed by atoms with van der Waals surface area (Å²) in [5.41, 5.74) is 12.9. The van der Waals surface area contributed by atoms with Gasteiger partial charge in [0.05, 0.1) is 17.6 Å². The van der Waals surface area contributed by atoms with Crippen molar-refractivity contribution < 1.29 is 0 Å². The van der Waals surface area contributed by atoms with E-state index >= 15 is 0 Å². The molecule has 0 bridgehead atoms. The zero-order valence-electron chi connectivity index (χ0n) is 25.5. The molecular formula is C37H42N4. The first-order valence-corrected chi connectivity index (χ1v) is 15.4. The maximum atomic E-state index is 8.13. The smallest absolute Gasteiger partial charge is 0.231 e. The van der Waals surface area contributed by atoms with Crippen LogP contribution >= 0.6 is 0 Å². The average molecular weight is 543 g/mol. The highest BCUT2D eigenvalue weighted by atomic mass is 15.2. The predicted octanol–water partition coefficient (Wildman–Crippen LogP) is 9.21. The fourth-order valence-corrected chi connectivity index (χ4v) is 8.04. The van der Waals surface area contributed by atoms with Crippen molar-refractivity contribution in [1.82, 2.24) is 9.97 Å². The Hall–Kier alpha value is -3.58. The molecule has 4 heteroatoms. The first kappa shape index (κ1) is 26.3. The van der Waals surface area contributed by atoms with Gasteiger partial charge in [-0.15, -0.1) is 0 Å². The molecule has 210 valence electrons. The summed E-state index contributed by atoms with van der Waals surface area (Å²) in [6, 6.07) is 13.1. The van der Waals surface area contributed by atoms with E-state index in [9.17, 15) is 0 Å². The molecule has 0 amide bonds. The van der Waals surface area contributed by atoms with Crippen LogP contribution in [0.1, 0.15) is 96.2 Å². The molecule has 2 aliphatic heterocycles. The van der Waals surface area contributed by atoms with Gasteiger partial charge < -0.3 is 9.88 Å². The van der Waals surface area contributed by atoms with Gasteiger partial charge in [-0.1, -0.05) is 65.8 Å². The number of nitrogens with one attached hydrogen (secondary N) is 1. The number of benzene rings is 2. The van der Waals surface area contributed by atoms with Gasteiger partial charge in [0.1, 0.15) is 5.82 Å². The number of rotatable bonds is 2. The van der Waals surface area contributed by atoms with Crippen molar-refractivity contribution in [3.63, 3.8) is 0 Å². The van der Waals surface area contributed by atoms with Crippen LogP contribution in [0.5, 0.6) is 0 Å². The fraction of sp³-hybridized carbons (Fsp3) is 0.459. The highest BCUT2D eigenvalue weighted by Gasteiger charge is 2.42. The summed E-state index contributed by atoms with van der Waals surface area (Å²) < 4.78 is 0. The Kier molecular flexibility index (Phi) is 5.75. The molecule has 41 heavy (non-hydrogen) atoms. The second-order valence-corrected chi connectivity index (χ2v) is 14.8. The lowest BCUT2D eigenvalue weighted by Gasteiger charge is -2.48. The molecule has 7 rings (SSSR count). The van der Waals surface area contributed by atoms with Crippen molar-refractivity contribution >= 4 is 28.0 Å². The summed E-state index contributed by atoms with van der Waals surface area (Å²) in [6.07, 6.45) is 10.4. The first-order valence-electron chi connectivity index (χ1n) is 15.4. The number of aromatic nitrogens is 2. The van der Waals surface area contributed by atoms with Crippen LogP contribution < -0.4 is 4.90 Å². The second-order valence-electron chi connectivity index (χ2n) is 14.8. The van der Waals surface area contributed by atoms with Crippen LogP contribution in [0.25, 0.3) is 27.1 Å². The zero-order valence-corrected chi connectivity index (χ0v) is 25.5. The van der Waals surface area contributed by atoms with Gasteiger partial charge in [-0.3, -0.25) is 0 Å². The van der Waals surface area contributed by atoms with E-state index in [4.69, 9.17) is 11.6 Å². The number of H-pyrrole nitrogens is 1. The van der Waals surface area contributed by atoms with Gasteiger partial charge in [-0.05, 0) is 112 Å². The van der Waals surface area contributed by atoms with Crippen LogP contribution in [-0.4, -0.2) is 23.1 Å². The van der Waals surface area contributed by atoms with Gasteiger partial charge in [-0.25, -0.2) is 9.83 Å². The second kappa shape index (κ2) is 8.96. The van der Waals surface area contributed by atoms with Crippen molar-refractivity contribution in [3.8, 4) is 0 Å². The van der Waals surface area contributed by atoms with E-state index in [2.05, 4.69) is 80.6 Å². The number of hydrogen-bond donors (Lipinski definition) is 1. The molecule has 1 aromatic heterocycles. The Morgan fingerprint density at radius 2 is 1.66 bits per heavy atom. The summed E-state index contributed by atoms with van der Waals surface area (Å²) in [5.74, 6) is 1.18. The van der Waals surface area contributed by atoms with Gasteiger partial charge in [-0.2, -0.15) is 0 Å². The van der Waals surface area contributed by atoms with Crippen LogP contribution in [-0.2, 0) is 10.8 Å². The molecule has 0 radical (unpaired) electrons. The third-order valence-corrected chi connectivity index (χ3v) is 10.7. The summed E-state index contributed by atoms with van der Waals surface area (Å²) in [4.78, 5) is 14.9. The molecule has 2 aromatic carbocycles. The molecule has 0 spiro atoms. The number of fused-ring (bicyclic) bond motifs is 2. The predicted molar refractivity (Wildman–Crippen MR) is 171 cm³/mol. The lowest BCUT2D eigenvalue weighted by atomic mass is 9.62. The van der Waals surface area contributed by atoms with E-state index in [1.807, 2.05) is 24.3 Å². The summed E-state index contributed by atoms with van der Waals surface area (Å²) in [5, 5.41) is 0. The van der Waals surface area contributed by atoms with E-state index in [-0.39, 0.29) is 16.2 Å². The highest BCUT2D eigenvalue weighted by molar-refractivity contribution is 5.83. The van der Waals surface area contributed by atoms with Gasteiger partial charge in [0.2, 0.25) is 5.70 Å². The minimum Gasteiger partial charge on any atom is -0.371 e. The van der Waals surface area contributed by atoms with E-state index in [1.165, 1.54) is 59.5 Å². The molecule has 0 fully saturated rings. The standard InChI is InChI=1S/C37H42N4/c1-35(2)14-16-41-17-15-36(3,4)29-21-24(20-28(35)33(29)41)23-12-13-27-25(18-23)19-26(22-37(27,5)6)32(38-7)34-39-30-10-8-9-11-31(30)40-34/h8-11,18-21,27H,12-17,22H2,1-6H3,(H,39,40)/b32-26+. The van der Waals surface area contributed by atoms with Crippen molar-refractivity contribution in [2.45, 2.75) is 84.5 Å². The Morgan fingerprint density at radius 3 is 2.32 bits per heavy atom. The van der Waals surface area contributed by atoms with E-state index < -0.39 is 0 Å². The molecule has 0 saturated heterocycles. The number of para-hydroxylation sites is 2. The minimum absolute atomic E-state index is 0.0791. The topological polar surface area (TPSA) is 36.3 Å². The molecule has 1 N–H and O–H groups in total. The van der Waals surface area contributed by atoms with Crippen molar-refractivity contribution in [2.75, 3.05) is 18.0 Å². The number of hydrogen-bond acceptors (Lipinski definition) is 2. The summed E-state index contributed by atoms with van der Waals surface area (Å²) >= 11 is 0. The van der Waals surface area contributed by atoms with Crippen molar-refractivity contribution in [3.05, 3.63) is 93.6 Å². The van der Waals surface area contributed by atoms with Gasteiger partial charge in [0.15, 0.2) is 0 Å². The number of imidazole rings is 1. The number of aromatic amines is 1. The molecule has 4 aliphatic rings. The number of nitrogens with zero attached hydrogens (tertiary/aromatic N) is 3. The molecule has 3 heterocycles. The Balaban J connectivity index is 1.36. The van der Waals surface area contributed by atoms with E-state index in [1.54, 1.807) is 0 Å². The lowest BCUT2D eigenvalue weighted by molar-refractivity contribution is 0.228. The third kappa shape index (κ3) is 4.19. The molecule has 0 saturated carbocycles. The Labute approximate surface area is 245 Å². The lowest BCUT2D eigenvalue weighted by Crippen LogP contribution is -2.44. The average Bonchev–Trinajstić information content (AvgIpc) is 3.35. The quantitative estimate of drug-likeness (QED) is 0.328. The van der Waals surface area contributed by atoms with Gasteiger partial charge >= 0.3 is 0 Å².